The van der Waals surface area contributed by atoms with E-state index in [9.17, 15) is 0 Å². The molecule has 2 fully saturated rings. The lowest BCUT2D eigenvalue weighted by Gasteiger charge is -2.26. The van der Waals surface area contributed by atoms with Gasteiger partial charge < -0.3 is 14.8 Å². The van der Waals surface area contributed by atoms with E-state index < -0.39 is 0 Å². The van der Waals surface area contributed by atoms with Crippen LogP contribution in [0.15, 0.2) is 0 Å². The molecule has 0 saturated carbocycles. The van der Waals surface area contributed by atoms with E-state index in [-0.39, 0.29) is 6.29 Å². The van der Waals surface area contributed by atoms with Gasteiger partial charge in [-0.15, -0.1) is 0 Å². The molecule has 2 aliphatic heterocycles. The molecular weight excluding hydrogens is 142 g/mol. The van der Waals surface area contributed by atoms with Crippen LogP contribution in [0.25, 0.3) is 0 Å². The Morgan fingerprint density at radius 2 is 1.64 bits per heavy atom. The van der Waals surface area contributed by atoms with Gasteiger partial charge in [0.2, 0.25) is 0 Å². The number of piperidine rings is 1. The lowest BCUT2D eigenvalue weighted by Crippen LogP contribution is -2.34. The molecule has 64 valence electrons. The summed E-state index contributed by atoms with van der Waals surface area (Å²) in [6.07, 6.45) is 2.51. The van der Waals surface area contributed by atoms with E-state index in [1.807, 2.05) is 0 Å². The molecule has 0 aromatic rings. The zero-order valence-corrected chi connectivity index (χ0v) is 6.71. The quantitative estimate of drug-likeness (QED) is 0.596. The average molecular weight is 157 g/mol. The Morgan fingerprint density at radius 1 is 1.00 bits per heavy atom. The molecule has 0 aromatic carbocycles. The molecule has 0 atom stereocenters. The summed E-state index contributed by atoms with van der Waals surface area (Å²) in [6.45, 7) is 3.81. The van der Waals surface area contributed by atoms with Crippen molar-refractivity contribution in [1.29, 1.82) is 0 Å². The first-order chi connectivity index (χ1) is 5.47. The summed E-state index contributed by atoms with van der Waals surface area (Å²) in [5, 5.41) is 3.33. The molecule has 0 unspecified atom stereocenters. The van der Waals surface area contributed by atoms with Crippen LogP contribution in [0.2, 0.25) is 0 Å². The van der Waals surface area contributed by atoms with E-state index in [0.29, 0.717) is 5.92 Å². The maximum absolute atomic E-state index is 5.44. The van der Waals surface area contributed by atoms with Crippen LogP contribution in [0.4, 0.5) is 0 Å². The first-order valence-electron chi connectivity index (χ1n) is 4.41. The third kappa shape index (κ3) is 1.72. The van der Waals surface area contributed by atoms with Crippen molar-refractivity contribution in [1.82, 2.24) is 5.32 Å². The Kier molecular flexibility index (Phi) is 2.41. The maximum atomic E-state index is 5.44. The fourth-order valence-corrected chi connectivity index (χ4v) is 1.77. The summed E-state index contributed by atoms with van der Waals surface area (Å²) < 4.78 is 10.9. The molecule has 0 spiro atoms. The molecule has 3 heteroatoms. The molecule has 2 heterocycles. The van der Waals surface area contributed by atoms with Gasteiger partial charge in [-0.25, -0.2) is 0 Å². The van der Waals surface area contributed by atoms with Crippen LogP contribution in [0.5, 0.6) is 0 Å². The molecule has 2 aliphatic rings. The number of ether oxygens (including phenoxy) is 2. The molecule has 0 amide bonds. The standard InChI is InChI=1S/C8H15NO2/c1-3-9-4-2-7(1)8-10-5-6-11-8/h7-9H,1-6H2. The summed E-state index contributed by atoms with van der Waals surface area (Å²) >= 11 is 0. The van der Waals surface area contributed by atoms with Gasteiger partial charge in [-0.1, -0.05) is 0 Å². The second kappa shape index (κ2) is 3.52. The first-order valence-corrected chi connectivity index (χ1v) is 4.41. The van der Waals surface area contributed by atoms with Crippen molar-refractivity contribution in [2.45, 2.75) is 19.1 Å². The van der Waals surface area contributed by atoms with E-state index >= 15 is 0 Å². The van der Waals surface area contributed by atoms with Gasteiger partial charge in [0, 0.05) is 5.92 Å². The summed E-state index contributed by atoms with van der Waals surface area (Å²) in [5.74, 6) is 0.638. The van der Waals surface area contributed by atoms with Gasteiger partial charge in [0.05, 0.1) is 13.2 Å². The lowest BCUT2D eigenvalue weighted by molar-refractivity contribution is -0.0902. The van der Waals surface area contributed by atoms with Crippen molar-refractivity contribution in [3.05, 3.63) is 0 Å². The van der Waals surface area contributed by atoms with E-state index in [1.165, 1.54) is 12.8 Å². The highest BCUT2D eigenvalue weighted by molar-refractivity contribution is 4.72. The fourth-order valence-electron chi connectivity index (χ4n) is 1.77. The molecule has 0 radical (unpaired) electrons. The van der Waals surface area contributed by atoms with Crippen LogP contribution in [-0.4, -0.2) is 32.6 Å². The van der Waals surface area contributed by atoms with E-state index in [1.54, 1.807) is 0 Å². The number of hydrogen-bond donors (Lipinski definition) is 1. The number of nitrogens with one attached hydrogen (secondary N) is 1. The molecule has 0 aliphatic carbocycles. The van der Waals surface area contributed by atoms with Gasteiger partial charge in [-0.05, 0) is 25.9 Å². The monoisotopic (exact) mass is 157 g/mol. The number of rotatable bonds is 1. The normalized spacial score (nSPS) is 29.5. The summed E-state index contributed by atoms with van der Waals surface area (Å²) in [7, 11) is 0. The minimum Gasteiger partial charge on any atom is -0.350 e. The van der Waals surface area contributed by atoms with E-state index in [4.69, 9.17) is 9.47 Å². The summed E-state index contributed by atoms with van der Waals surface area (Å²) in [5.41, 5.74) is 0. The SMILES string of the molecule is C1CC(C2OCCO2)CCN1. The Hall–Kier alpha value is -0.120. The van der Waals surface area contributed by atoms with Gasteiger partial charge in [0.25, 0.3) is 0 Å². The third-order valence-corrected chi connectivity index (χ3v) is 2.42. The molecule has 11 heavy (non-hydrogen) atoms. The third-order valence-electron chi connectivity index (χ3n) is 2.42. The van der Waals surface area contributed by atoms with Crippen LogP contribution in [0.1, 0.15) is 12.8 Å². The fraction of sp³-hybridized carbons (Fsp3) is 1.00. The zero-order chi connectivity index (χ0) is 7.52. The van der Waals surface area contributed by atoms with E-state index in [0.717, 1.165) is 26.3 Å². The minimum absolute atomic E-state index is 0.108. The summed E-state index contributed by atoms with van der Waals surface area (Å²) in [6, 6.07) is 0. The van der Waals surface area contributed by atoms with Crippen LogP contribution < -0.4 is 5.32 Å². The largest absolute Gasteiger partial charge is 0.350 e. The lowest BCUT2D eigenvalue weighted by atomic mass is 9.98. The predicted molar refractivity (Wildman–Crippen MR) is 41.3 cm³/mol. The molecule has 3 nitrogen and oxygen atoms in total. The molecule has 0 aromatic heterocycles. The van der Waals surface area contributed by atoms with Crippen molar-refractivity contribution >= 4 is 0 Å². The maximum Gasteiger partial charge on any atom is 0.160 e. The van der Waals surface area contributed by atoms with Gasteiger partial charge in [0.1, 0.15) is 0 Å². The van der Waals surface area contributed by atoms with Crippen LogP contribution in [0.3, 0.4) is 0 Å². The molecule has 0 bridgehead atoms. The van der Waals surface area contributed by atoms with Crippen molar-refractivity contribution in [2.75, 3.05) is 26.3 Å². The Bertz CT molecular complexity index is 117. The molecule has 2 saturated heterocycles. The van der Waals surface area contributed by atoms with E-state index in [2.05, 4.69) is 5.32 Å². The molecule has 1 N–H and O–H groups in total. The minimum atomic E-state index is 0.108. The van der Waals surface area contributed by atoms with Crippen molar-refractivity contribution in [2.24, 2.45) is 5.92 Å². The predicted octanol–water partition coefficient (Wildman–Crippen LogP) is 0.359. The van der Waals surface area contributed by atoms with Crippen molar-refractivity contribution in [3.63, 3.8) is 0 Å². The second-order valence-electron chi connectivity index (χ2n) is 3.20. The van der Waals surface area contributed by atoms with Gasteiger partial charge in [0.15, 0.2) is 6.29 Å². The number of hydrogen-bond acceptors (Lipinski definition) is 3. The van der Waals surface area contributed by atoms with Gasteiger partial charge in [-0.3, -0.25) is 0 Å². The zero-order valence-electron chi connectivity index (χ0n) is 6.71. The Balaban J connectivity index is 1.82. The summed E-state index contributed by atoms with van der Waals surface area (Å²) in [4.78, 5) is 0. The first kappa shape index (κ1) is 7.53. The smallest absolute Gasteiger partial charge is 0.160 e. The Labute approximate surface area is 67.1 Å². The van der Waals surface area contributed by atoms with Gasteiger partial charge in [-0.2, -0.15) is 0 Å². The molecular formula is C8H15NO2. The topological polar surface area (TPSA) is 30.5 Å². The van der Waals surface area contributed by atoms with Crippen LogP contribution in [0, 0.1) is 5.92 Å². The van der Waals surface area contributed by atoms with Crippen LogP contribution in [-0.2, 0) is 9.47 Å². The van der Waals surface area contributed by atoms with Crippen LogP contribution >= 0.6 is 0 Å². The average Bonchev–Trinajstić information content (AvgIpc) is 2.58. The molecule has 2 rings (SSSR count). The van der Waals surface area contributed by atoms with Gasteiger partial charge >= 0.3 is 0 Å². The highest BCUT2D eigenvalue weighted by Gasteiger charge is 2.27. The van der Waals surface area contributed by atoms with Crippen molar-refractivity contribution < 1.29 is 9.47 Å². The van der Waals surface area contributed by atoms with Crippen molar-refractivity contribution in [3.8, 4) is 0 Å². The Morgan fingerprint density at radius 3 is 2.27 bits per heavy atom. The highest BCUT2D eigenvalue weighted by atomic mass is 16.7. The second-order valence-corrected chi connectivity index (χ2v) is 3.20. The highest BCUT2D eigenvalue weighted by Crippen LogP contribution is 2.22.